The topological polar surface area (TPSA) is 18.5 Å². The van der Waals surface area contributed by atoms with Gasteiger partial charge in [-0.3, -0.25) is 0 Å². The van der Waals surface area contributed by atoms with Crippen LogP contribution in [0.25, 0.3) is 0 Å². The van der Waals surface area contributed by atoms with Crippen LogP contribution in [0.2, 0.25) is 0 Å². The van der Waals surface area contributed by atoms with Crippen LogP contribution in [0, 0.1) is 5.92 Å². The third-order valence-corrected chi connectivity index (χ3v) is 1.84. The van der Waals surface area contributed by atoms with Gasteiger partial charge in [0.05, 0.1) is 18.1 Å². The molecule has 0 aromatic heterocycles. The van der Waals surface area contributed by atoms with Crippen molar-refractivity contribution >= 4 is 0 Å². The van der Waals surface area contributed by atoms with Crippen molar-refractivity contribution in [3.8, 4) is 0 Å². The van der Waals surface area contributed by atoms with E-state index >= 15 is 0 Å². The molecule has 3 aliphatic rings. The molecule has 2 heteroatoms. The number of ether oxygens (including phenoxy) is 2. The first-order valence-corrected chi connectivity index (χ1v) is 2.28. The SMILES string of the molecule is O1C2OC3C1C23. The summed E-state index contributed by atoms with van der Waals surface area (Å²) in [5.41, 5.74) is 0. The van der Waals surface area contributed by atoms with E-state index in [1.54, 1.807) is 0 Å². The van der Waals surface area contributed by atoms with Gasteiger partial charge in [-0.2, -0.15) is 0 Å². The smallest absolute Gasteiger partial charge is 0.166 e. The molecule has 2 saturated heterocycles. The molecule has 2 aliphatic heterocycles. The number of fused-ring (bicyclic) bond motifs is 1. The lowest BCUT2D eigenvalue weighted by atomic mass is 10.3. The summed E-state index contributed by atoms with van der Waals surface area (Å²) in [6, 6.07) is 0. The molecule has 0 amide bonds. The van der Waals surface area contributed by atoms with E-state index in [-0.39, 0.29) is 6.29 Å². The van der Waals surface area contributed by atoms with Crippen molar-refractivity contribution in [1.82, 2.24) is 0 Å². The quantitative estimate of drug-likeness (QED) is 0.402. The summed E-state index contributed by atoms with van der Waals surface area (Å²) in [6.45, 7) is 0. The molecule has 3 fully saturated rings. The zero-order valence-corrected chi connectivity index (χ0v) is 3.13. The van der Waals surface area contributed by atoms with Gasteiger partial charge in [0.15, 0.2) is 6.29 Å². The van der Waals surface area contributed by atoms with Crippen molar-refractivity contribution in [3.05, 3.63) is 0 Å². The van der Waals surface area contributed by atoms with Crippen LogP contribution >= 0.6 is 0 Å². The normalized spacial score (nSPS) is 80.0. The monoisotopic (exact) mass is 84.0 g/mol. The minimum Gasteiger partial charge on any atom is -0.346 e. The highest BCUT2D eigenvalue weighted by atomic mass is 16.8. The number of hydrogen-bond acceptors (Lipinski definition) is 2. The number of rotatable bonds is 0. The average molecular weight is 84.1 g/mol. The molecule has 0 spiro atoms. The van der Waals surface area contributed by atoms with E-state index in [0.717, 1.165) is 5.92 Å². The van der Waals surface area contributed by atoms with Gasteiger partial charge in [0.25, 0.3) is 0 Å². The van der Waals surface area contributed by atoms with Crippen molar-refractivity contribution in [3.63, 3.8) is 0 Å². The van der Waals surface area contributed by atoms with Crippen LogP contribution in [0.15, 0.2) is 0 Å². The molecule has 2 unspecified atom stereocenters. The van der Waals surface area contributed by atoms with Gasteiger partial charge < -0.3 is 9.47 Å². The standard InChI is InChI=1S/C4H4O2/c5-2-1-3(2)6-4(1)5/h1-4H. The molecule has 6 heavy (non-hydrogen) atoms. The Morgan fingerprint density at radius 2 is 1.67 bits per heavy atom. The molecule has 1 aliphatic carbocycles. The highest BCUT2D eigenvalue weighted by molar-refractivity contribution is 5.18. The van der Waals surface area contributed by atoms with E-state index in [4.69, 9.17) is 9.47 Å². The fourth-order valence-electron chi connectivity index (χ4n) is 1.27. The summed E-state index contributed by atoms with van der Waals surface area (Å²) in [5.74, 6) is 0.852. The molecule has 1 saturated carbocycles. The van der Waals surface area contributed by atoms with Crippen molar-refractivity contribution in [2.24, 2.45) is 5.92 Å². The fourth-order valence-corrected chi connectivity index (χ4v) is 1.27. The second-order valence-electron chi connectivity index (χ2n) is 2.15. The lowest BCUT2D eigenvalue weighted by Gasteiger charge is -2.25. The van der Waals surface area contributed by atoms with E-state index in [9.17, 15) is 0 Å². The van der Waals surface area contributed by atoms with E-state index < -0.39 is 0 Å². The van der Waals surface area contributed by atoms with Gasteiger partial charge in [-0.1, -0.05) is 0 Å². The average Bonchev–Trinajstić information content (AvgIpc) is 2.03. The van der Waals surface area contributed by atoms with Gasteiger partial charge in [-0.25, -0.2) is 0 Å². The van der Waals surface area contributed by atoms with E-state index in [1.165, 1.54) is 0 Å². The lowest BCUT2D eigenvalue weighted by molar-refractivity contribution is -0.226. The Bertz CT molecular complexity index is 83.0. The van der Waals surface area contributed by atoms with E-state index in [2.05, 4.69) is 0 Å². The summed E-state index contributed by atoms with van der Waals surface area (Å²) < 4.78 is 10.1. The summed E-state index contributed by atoms with van der Waals surface area (Å²) in [7, 11) is 0. The molecule has 0 aromatic rings. The minimum absolute atomic E-state index is 0.250. The Balaban J connectivity index is 2.21. The minimum atomic E-state index is 0.250. The highest BCUT2D eigenvalue weighted by Crippen LogP contribution is 2.61. The van der Waals surface area contributed by atoms with Crippen LogP contribution in [0.5, 0.6) is 0 Å². The van der Waals surface area contributed by atoms with Crippen LogP contribution in [-0.2, 0) is 9.47 Å². The van der Waals surface area contributed by atoms with Crippen LogP contribution in [-0.4, -0.2) is 18.5 Å². The van der Waals surface area contributed by atoms with E-state index in [0.29, 0.717) is 12.2 Å². The number of hydrogen-bond donors (Lipinski definition) is 0. The Labute approximate surface area is 35.0 Å². The molecule has 0 bridgehead atoms. The van der Waals surface area contributed by atoms with Gasteiger partial charge in [-0.05, 0) is 0 Å². The van der Waals surface area contributed by atoms with Gasteiger partial charge in [0.2, 0.25) is 0 Å². The van der Waals surface area contributed by atoms with Crippen molar-refractivity contribution in [1.29, 1.82) is 0 Å². The molecular formula is C4H4O2. The maximum Gasteiger partial charge on any atom is 0.166 e. The van der Waals surface area contributed by atoms with Gasteiger partial charge in [-0.15, -0.1) is 0 Å². The predicted molar refractivity (Wildman–Crippen MR) is 17.0 cm³/mol. The largest absolute Gasteiger partial charge is 0.346 e. The third-order valence-electron chi connectivity index (χ3n) is 1.84. The summed E-state index contributed by atoms with van der Waals surface area (Å²) >= 11 is 0. The second kappa shape index (κ2) is 0.390. The molecule has 0 radical (unpaired) electrons. The fraction of sp³-hybridized carbons (Fsp3) is 1.00. The van der Waals surface area contributed by atoms with Crippen LogP contribution in [0.1, 0.15) is 0 Å². The Morgan fingerprint density at radius 1 is 1.00 bits per heavy atom. The molecule has 3 rings (SSSR count). The first-order valence-electron chi connectivity index (χ1n) is 2.28. The molecule has 2 nitrogen and oxygen atoms in total. The van der Waals surface area contributed by atoms with E-state index in [1.807, 2.05) is 0 Å². The molecule has 0 N–H and O–H groups in total. The Hall–Kier alpha value is -0.0800. The Kier molecular flexibility index (Phi) is 0.149. The van der Waals surface area contributed by atoms with Gasteiger partial charge in [0.1, 0.15) is 0 Å². The first-order chi connectivity index (χ1) is 2.97. The maximum atomic E-state index is 5.06. The summed E-state index contributed by atoms with van der Waals surface area (Å²) in [4.78, 5) is 0. The molecule has 2 atom stereocenters. The Morgan fingerprint density at radius 3 is 1.67 bits per heavy atom. The second-order valence-corrected chi connectivity index (χ2v) is 2.15. The van der Waals surface area contributed by atoms with Gasteiger partial charge in [0, 0.05) is 0 Å². The van der Waals surface area contributed by atoms with Gasteiger partial charge >= 0.3 is 0 Å². The highest BCUT2D eigenvalue weighted by Gasteiger charge is 2.77. The van der Waals surface area contributed by atoms with Crippen molar-refractivity contribution < 1.29 is 9.47 Å². The third kappa shape index (κ3) is 0.0696. The zero-order chi connectivity index (χ0) is 3.72. The maximum absolute atomic E-state index is 5.06. The molecule has 32 valence electrons. The molecule has 2 heterocycles. The summed E-state index contributed by atoms with van der Waals surface area (Å²) in [6.07, 6.45) is 1.35. The molecule has 0 aromatic carbocycles. The lowest BCUT2D eigenvalue weighted by Crippen LogP contribution is -2.34. The summed E-state index contributed by atoms with van der Waals surface area (Å²) in [5, 5.41) is 0. The van der Waals surface area contributed by atoms with Crippen molar-refractivity contribution in [2.45, 2.75) is 18.5 Å². The predicted octanol–water partition coefficient (Wildman–Crippen LogP) is -0.260. The van der Waals surface area contributed by atoms with Crippen LogP contribution in [0.3, 0.4) is 0 Å². The van der Waals surface area contributed by atoms with Crippen LogP contribution in [0.4, 0.5) is 0 Å². The van der Waals surface area contributed by atoms with Crippen molar-refractivity contribution in [2.75, 3.05) is 0 Å². The zero-order valence-electron chi connectivity index (χ0n) is 3.13. The van der Waals surface area contributed by atoms with Crippen LogP contribution < -0.4 is 0 Å². The molecular weight excluding hydrogens is 80.0 g/mol. The first kappa shape index (κ1) is 2.28.